The summed E-state index contributed by atoms with van der Waals surface area (Å²) in [5.74, 6) is 1.13. The van der Waals surface area contributed by atoms with Crippen LogP contribution in [0.25, 0.3) is 11.1 Å². The van der Waals surface area contributed by atoms with Crippen molar-refractivity contribution in [1.82, 2.24) is 0 Å². The van der Waals surface area contributed by atoms with Crippen LogP contribution in [0.5, 0.6) is 5.75 Å². The second-order valence-corrected chi connectivity index (χ2v) is 8.68. The minimum absolute atomic E-state index is 0.211. The van der Waals surface area contributed by atoms with Crippen molar-refractivity contribution >= 4 is 22.6 Å². The first kappa shape index (κ1) is 20.7. The van der Waals surface area contributed by atoms with Gasteiger partial charge >= 0.3 is 0 Å². The monoisotopic (exact) mass is 504 g/mol. The van der Waals surface area contributed by atoms with E-state index in [1.54, 1.807) is 7.11 Å². The Morgan fingerprint density at radius 2 is 1.20 bits per heavy atom. The number of methoxy groups -OCH3 is 1. The lowest BCUT2D eigenvalue weighted by Gasteiger charge is -2.22. The molecule has 0 radical (unpaired) electrons. The maximum Gasteiger partial charge on any atom is 0.132 e. The molecule has 0 bridgehead atoms. The number of benzene rings is 4. The van der Waals surface area contributed by atoms with Crippen LogP contribution in [0.3, 0.4) is 0 Å². The van der Waals surface area contributed by atoms with E-state index in [0.29, 0.717) is 0 Å². The number of rotatable bonds is 5. The minimum atomic E-state index is 0.211. The van der Waals surface area contributed by atoms with E-state index in [2.05, 4.69) is 121 Å². The topological polar surface area (TPSA) is 9.23 Å². The Morgan fingerprint density at radius 1 is 0.667 bits per heavy atom. The maximum absolute atomic E-state index is 5.56. The van der Waals surface area contributed by atoms with Gasteiger partial charge in [-0.15, -0.1) is 0 Å². The summed E-state index contributed by atoms with van der Waals surface area (Å²) < 4.78 is 6.71. The Bertz CT molecular complexity index is 1090. The second kappa shape index (κ2) is 9.05. The fourth-order valence-corrected chi connectivity index (χ4v) is 5.17. The van der Waals surface area contributed by atoms with Crippen LogP contribution in [-0.4, -0.2) is 7.11 Å². The molecule has 0 aliphatic heterocycles. The Hall–Kier alpha value is -2.59. The van der Waals surface area contributed by atoms with E-state index >= 15 is 0 Å². The molecule has 0 fully saturated rings. The molecule has 0 spiro atoms. The fraction of sp³-hybridized carbons (Fsp3) is 0.143. The van der Waals surface area contributed by atoms with Gasteiger partial charge in [0.2, 0.25) is 0 Å². The van der Waals surface area contributed by atoms with Crippen molar-refractivity contribution in [1.29, 1.82) is 0 Å². The molecule has 4 aromatic carbocycles. The van der Waals surface area contributed by atoms with Crippen LogP contribution in [0, 0.1) is 17.4 Å². The number of hydrogen-bond donors (Lipinski definition) is 0. The van der Waals surface area contributed by atoms with E-state index in [4.69, 9.17) is 4.74 Å². The number of halogens is 1. The van der Waals surface area contributed by atoms with E-state index in [9.17, 15) is 0 Å². The molecule has 2 heteroatoms. The molecule has 0 N–H and O–H groups in total. The summed E-state index contributed by atoms with van der Waals surface area (Å²) in [6.07, 6.45) is 0. The molecule has 0 unspecified atom stereocenters. The molecule has 150 valence electrons. The lowest BCUT2D eigenvalue weighted by molar-refractivity contribution is 0.412. The lowest BCUT2D eigenvalue weighted by Crippen LogP contribution is -2.05. The highest BCUT2D eigenvalue weighted by atomic mass is 127. The highest BCUT2D eigenvalue weighted by molar-refractivity contribution is 14.1. The zero-order valence-corrected chi connectivity index (χ0v) is 19.7. The first-order chi connectivity index (χ1) is 14.6. The molecule has 0 aromatic heterocycles. The van der Waals surface area contributed by atoms with Gasteiger partial charge < -0.3 is 4.74 Å². The van der Waals surface area contributed by atoms with E-state index < -0.39 is 0 Å². The molecule has 0 saturated carbocycles. The molecule has 0 aliphatic carbocycles. The largest absolute Gasteiger partial charge is 0.496 e. The SMILES string of the molecule is COc1cccc(-c2c(C)cc(C(c3ccccc3)c3ccccc3)cc2C)c1I. The standard InChI is InChI=1S/C28H25IO/c1-19-17-23(18-20(2)26(19)24-15-10-16-25(30-3)28(24)29)27(21-11-6-4-7-12-21)22-13-8-5-9-14-22/h4-18,27H,1-3H3. The quantitative estimate of drug-likeness (QED) is 0.199. The average Bonchev–Trinajstić information content (AvgIpc) is 2.76. The predicted octanol–water partition coefficient (Wildman–Crippen LogP) is 7.76. The number of aryl methyl sites for hydroxylation is 2. The van der Waals surface area contributed by atoms with Crippen molar-refractivity contribution in [2.45, 2.75) is 19.8 Å². The van der Waals surface area contributed by atoms with Crippen LogP contribution in [-0.2, 0) is 0 Å². The highest BCUT2D eigenvalue weighted by Gasteiger charge is 2.20. The smallest absolute Gasteiger partial charge is 0.132 e. The first-order valence-corrected chi connectivity index (χ1v) is 11.2. The van der Waals surface area contributed by atoms with Gasteiger partial charge in [-0.05, 0) is 81.4 Å². The van der Waals surface area contributed by atoms with Crippen molar-refractivity contribution in [3.8, 4) is 16.9 Å². The summed E-state index contributed by atoms with van der Waals surface area (Å²) in [4.78, 5) is 0. The van der Waals surface area contributed by atoms with Crippen LogP contribution >= 0.6 is 22.6 Å². The molecule has 0 atom stereocenters. The van der Waals surface area contributed by atoms with E-state index in [1.165, 1.54) is 38.9 Å². The summed E-state index contributed by atoms with van der Waals surface area (Å²) in [5.41, 5.74) is 9.04. The van der Waals surface area contributed by atoms with Gasteiger partial charge in [0.25, 0.3) is 0 Å². The lowest BCUT2D eigenvalue weighted by atomic mass is 9.82. The van der Waals surface area contributed by atoms with Crippen molar-refractivity contribution in [3.63, 3.8) is 0 Å². The third-order valence-corrected chi connectivity index (χ3v) is 6.72. The van der Waals surface area contributed by atoms with Gasteiger partial charge in [-0.3, -0.25) is 0 Å². The molecule has 4 rings (SSSR count). The summed E-state index contributed by atoms with van der Waals surface area (Å²) in [6.45, 7) is 4.43. The molecule has 4 aromatic rings. The molecular formula is C28H25IO. The number of ether oxygens (including phenoxy) is 1. The third kappa shape index (κ3) is 4.01. The second-order valence-electron chi connectivity index (χ2n) is 7.61. The Morgan fingerprint density at radius 3 is 1.70 bits per heavy atom. The zero-order valence-electron chi connectivity index (χ0n) is 17.5. The summed E-state index contributed by atoms with van der Waals surface area (Å²) in [6, 6.07) is 32.5. The zero-order chi connectivity index (χ0) is 21.1. The van der Waals surface area contributed by atoms with Gasteiger partial charge in [-0.25, -0.2) is 0 Å². The predicted molar refractivity (Wildman–Crippen MR) is 134 cm³/mol. The van der Waals surface area contributed by atoms with Gasteiger partial charge in [0, 0.05) is 5.92 Å². The Balaban J connectivity index is 1.88. The fourth-order valence-electron chi connectivity index (χ4n) is 4.32. The molecule has 0 amide bonds. The van der Waals surface area contributed by atoms with Gasteiger partial charge in [-0.2, -0.15) is 0 Å². The molecule has 0 heterocycles. The van der Waals surface area contributed by atoms with Crippen molar-refractivity contribution in [3.05, 3.63) is 122 Å². The van der Waals surface area contributed by atoms with Gasteiger partial charge in [0.1, 0.15) is 5.75 Å². The maximum atomic E-state index is 5.56. The highest BCUT2D eigenvalue weighted by Crippen LogP contribution is 2.39. The van der Waals surface area contributed by atoms with Gasteiger partial charge in [-0.1, -0.05) is 84.9 Å². The van der Waals surface area contributed by atoms with Crippen LogP contribution in [0.15, 0.2) is 91.0 Å². The van der Waals surface area contributed by atoms with E-state index in [1.807, 2.05) is 6.07 Å². The van der Waals surface area contributed by atoms with Gasteiger partial charge in [0.15, 0.2) is 0 Å². The average molecular weight is 504 g/mol. The molecule has 0 aliphatic rings. The van der Waals surface area contributed by atoms with Crippen LogP contribution < -0.4 is 4.74 Å². The third-order valence-electron chi connectivity index (χ3n) is 5.61. The van der Waals surface area contributed by atoms with E-state index in [-0.39, 0.29) is 5.92 Å². The summed E-state index contributed by atoms with van der Waals surface area (Å²) >= 11 is 2.39. The molecular weight excluding hydrogens is 479 g/mol. The van der Waals surface area contributed by atoms with Crippen molar-refractivity contribution in [2.24, 2.45) is 0 Å². The molecule has 1 nitrogen and oxygen atoms in total. The molecule has 0 saturated heterocycles. The minimum Gasteiger partial charge on any atom is -0.496 e. The Kier molecular flexibility index (Phi) is 6.24. The van der Waals surface area contributed by atoms with Crippen LogP contribution in [0.1, 0.15) is 33.7 Å². The summed E-state index contributed by atoms with van der Waals surface area (Å²) in [7, 11) is 1.73. The Labute approximate surface area is 192 Å². The number of hydrogen-bond acceptors (Lipinski definition) is 1. The summed E-state index contributed by atoms with van der Waals surface area (Å²) in [5, 5.41) is 0. The van der Waals surface area contributed by atoms with Crippen LogP contribution in [0.2, 0.25) is 0 Å². The van der Waals surface area contributed by atoms with Crippen molar-refractivity contribution in [2.75, 3.05) is 7.11 Å². The normalized spacial score (nSPS) is 11.0. The van der Waals surface area contributed by atoms with Crippen molar-refractivity contribution < 1.29 is 4.74 Å². The first-order valence-electron chi connectivity index (χ1n) is 10.1. The van der Waals surface area contributed by atoms with Crippen LogP contribution in [0.4, 0.5) is 0 Å². The van der Waals surface area contributed by atoms with Gasteiger partial charge in [0.05, 0.1) is 10.7 Å². The molecule has 30 heavy (non-hydrogen) atoms. The van der Waals surface area contributed by atoms with E-state index in [0.717, 1.165) is 9.32 Å².